The van der Waals surface area contributed by atoms with Gasteiger partial charge >= 0.3 is 5.97 Å². The van der Waals surface area contributed by atoms with Gasteiger partial charge in [-0.2, -0.15) is 0 Å². The van der Waals surface area contributed by atoms with Crippen molar-refractivity contribution in [2.75, 3.05) is 0 Å². The number of hydrogen-bond donors (Lipinski definition) is 1. The van der Waals surface area contributed by atoms with Gasteiger partial charge in [-0.05, 0) is 12.8 Å². The Hall–Kier alpha value is -1.32. The third-order valence-corrected chi connectivity index (χ3v) is 2.71. The molecule has 1 aliphatic carbocycles. The largest absolute Gasteiger partial charge is 0.477 e. The van der Waals surface area contributed by atoms with Crippen LogP contribution < -0.4 is 0 Å². The predicted molar refractivity (Wildman–Crippen MR) is 46.8 cm³/mol. The van der Waals surface area contributed by atoms with Gasteiger partial charge in [0.15, 0.2) is 0 Å². The molecular formula is C9H12N2O2. The first-order valence-electron chi connectivity index (χ1n) is 4.45. The minimum Gasteiger partial charge on any atom is -0.477 e. The molecule has 4 nitrogen and oxygen atoms in total. The van der Waals surface area contributed by atoms with Crippen molar-refractivity contribution >= 4 is 5.97 Å². The summed E-state index contributed by atoms with van der Waals surface area (Å²) in [5.74, 6) is 0.502. The highest BCUT2D eigenvalue weighted by atomic mass is 16.4. The Kier molecular flexibility index (Phi) is 1.83. The van der Waals surface area contributed by atoms with Gasteiger partial charge in [-0.25, -0.2) is 9.78 Å². The van der Waals surface area contributed by atoms with Crippen molar-refractivity contribution in [2.24, 2.45) is 7.05 Å². The second kappa shape index (κ2) is 2.87. The van der Waals surface area contributed by atoms with E-state index in [0.717, 1.165) is 18.7 Å². The first kappa shape index (κ1) is 8.29. The Bertz CT molecular complexity index is 339. The summed E-state index contributed by atoms with van der Waals surface area (Å²) in [6, 6.07) is 0. The molecule has 1 N–H and O–H groups in total. The minimum atomic E-state index is -0.902. The van der Waals surface area contributed by atoms with E-state index in [-0.39, 0.29) is 5.69 Å². The van der Waals surface area contributed by atoms with Crippen LogP contribution in [0.15, 0.2) is 6.20 Å². The maximum atomic E-state index is 10.7. The van der Waals surface area contributed by atoms with Gasteiger partial charge in [0.2, 0.25) is 0 Å². The lowest BCUT2D eigenvalue weighted by Crippen LogP contribution is -2.15. The van der Waals surface area contributed by atoms with Crippen molar-refractivity contribution in [2.45, 2.75) is 25.2 Å². The van der Waals surface area contributed by atoms with E-state index in [9.17, 15) is 4.79 Å². The van der Waals surface area contributed by atoms with Crippen molar-refractivity contribution in [1.82, 2.24) is 9.55 Å². The van der Waals surface area contributed by atoms with E-state index in [4.69, 9.17) is 5.11 Å². The average Bonchev–Trinajstić information content (AvgIpc) is 2.29. The average molecular weight is 180 g/mol. The van der Waals surface area contributed by atoms with Crippen LogP contribution in [0.25, 0.3) is 0 Å². The lowest BCUT2D eigenvalue weighted by Gasteiger charge is -2.24. The van der Waals surface area contributed by atoms with Crippen LogP contribution in [0, 0.1) is 0 Å². The summed E-state index contributed by atoms with van der Waals surface area (Å²) >= 11 is 0. The van der Waals surface area contributed by atoms with E-state index in [1.807, 2.05) is 0 Å². The van der Waals surface area contributed by atoms with Crippen LogP contribution in [0.4, 0.5) is 0 Å². The number of imidazole rings is 1. The summed E-state index contributed by atoms with van der Waals surface area (Å²) < 4.78 is 1.69. The molecular weight excluding hydrogens is 168 g/mol. The smallest absolute Gasteiger partial charge is 0.354 e. The molecule has 1 aromatic rings. The molecule has 1 saturated carbocycles. The number of rotatable bonds is 2. The molecule has 4 heteroatoms. The highest BCUT2D eigenvalue weighted by Crippen LogP contribution is 2.35. The number of nitrogens with zero attached hydrogens (tertiary/aromatic N) is 2. The molecule has 0 amide bonds. The maximum Gasteiger partial charge on any atom is 0.354 e. The zero-order valence-corrected chi connectivity index (χ0v) is 7.53. The van der Waals surface area contributed by atoms with E-state index in [2.05, 4.69) is 4.98 Å². The molecule has 0 saturated heterocycles. The molecule has 2 rings (SSSR count). The van der Waals surface area contributed by atoms with Gasteiger partial charge in [0.1, 0.15) is 11.5 Å². The number of hydrogen-bond acceptors (Lipinski definition) is 2. The van der Waals surface area contributed by atoms with E-state index in [1.165, 1.54) is 12.6 Å². The summed E-state index contributed by atoms with van der Waals surface area (Å²) in [7, 11) is 1.77. The second-order valence-electron chi connectivity index (χ2n) is 3.49. The molecule has 0 bridgehead atoms. The zero-order valence-electron chi connectivity index (χ0n) is 7.53. The molecule has 1 aromatic heterocycles. The number of carbonyl (C=O) groups is 1. The number of carboxylic acids is 1. The molecule has 0 spiro atoms. The summed E-state index contributed by atoms with van der Waals surface area (Å²) in [4.78, 5) is 14.8. The molecule has 0 unspecified atom stereocenters. The highest BCUT2D eigenvalue weighted by Gasteiger charge is 2.25. The monoisotopic (exact) mass is 180 g/mol. The molecule has 1 aliphatic rings. The third-order valence-electron chi connectivity index (χ3n) is 2.71. The van der Waals surface area contributed by atoms with Crippen molar-refractivity contribution in [1.29, 1.82) is 0 Å². The highest BCUT2D eigenvalue weighted by molar-refractivity contribution is 5.85. The normalized spacial score (nSPS) is 17.0. The molecule has 0 radical (unpaired) electrons. The van der Waals surface area contributed by atoms with Gasteiger partial charge in [0, 0.05) is 13.0 Å². The predicted octanol–water partition coefficient (Wildman–Crippen LogP) is 1.39. The van der Waals surface area contributed by atoms with Crippen LogP contribution in [0.3, 0.4) is 0 Å². The fraction of sp³-hybridized carbons (Fsp3) is 0.556. The van der Waals surface area contributed by atoms with Crippen LogP contribution in [-0.2, 0) is 7.05 Å². The van der Waals surface area contributed by atoms with E-state index < -0.39 is 5.97 Å². The molecule has 13 heavy (non-hydrogen) atoms. The summed E-state index contributed by atoms with van der Waals surface area (Å²) in [6.45, 7) is 0. The van der Waals surface area contributed by atoms with E-state index in [1.54, 1.807) is 11.6 Å². The Morgan fingerprint density at radius 3 is 2.77 bits per heavy atom. The Morgan fingerprint density at radius 2 is 2.38 bits per heavy atom. The molecule has 1 fully saturated rings. The quantitative estimate of drug-likeness (QED) is 0.748. The number of carboxylic acid groups (broad SMARTS) is 1. The van der Waals surface area contributed by atoms with E-state index >= 15 is 0 Å². The second-order valence-corrected chi connectivity index (χ2v) is 3.49. The molecule has 0 atom stereocenters. The lowest BCUT2D eigenvalue weighted by atomic mass is 9.85. The standard InChI is InChI=1S/C9H12N2O2/c1-11-7(9(12)13)5-10-8(11)6-3-2-4-6/h5-6H,2-4H2,1H3,(H,12,13). The summed E-state index contributed by atoms with van der Waals surface area (Å²) in [6.07, 6.45) is 4.96. The van der Waals surface area contributed by atoms with Crippen LogP contribution in [0.1, 0.15) is 41.5 Å². The van der Waals surface area contributed by atoms with Crippen LogP contribution in [0.5, 0.6) is 0 Å². The van der Waals surface area contributed by atoms with Gasteiger partial charge < -0.3 is 9.67 Å². The maximum absolute atomic E-state index is 10.7. The minimum absolute atomic E-state index is 0.280. The van der Waals surface area contributed by atoms with Gasteiger partial charge in [-0.15, -0.1) is 0 Å². The topological polar surface area (TPSA) is 55.1 Å². The Labute approximate surface area is 76.2 Å². The number of aromatic carboxylic acids is 1. The lowest BCUT2D eigenvalue weighted by molar-refractivity contribution is 0.0686. The molecule has 1 heterocycles. The van der Waals surface area contributed by atoms with Gasteiger partial charge in [0.05, 0.1) is 6.20 Å². The van der Waals surface area contributed by atoms with Gasteiger partial charge in [-0.3, -0.25) is 0 Å². The molecule has 0 aliphatic heterocycles. The van der Waals surface area contributed by atoms with Crippen LogP contribution in [0.2, 0.25) is 0 Å². The molecule has 0 aromatic carbocycles. The zero-order chi connectivity index (χ0) is 9.42. The number of aromatic nitrogens is 2. The van der Waals surface area contributed by atoms with Gasteiger partial charge in [0.25, 0.3) is 0 Å². The third kappa shape index (κ3) is 1.22. The first-order valence-corrected chi connectivity index (χ1v) is 4.45. The summed E-state index contributed by atoms with van der Waals surface area (Å²) in [5, 5.41) is 8.79. The van der Waals surface area contributed by atoms with Crippen LogP contribution >= 0.6 is 0 Å². The van der Waals surface area contributed by atoms with E-state index in [0.29, 0.717) is 5.92 Å². The molecule has 70 valence electrons. The van der Waals surface area contributed by atoms with Crippen molar-refractivity contribution in [3.8, 4) is 0 Å². The fourth-order valence-corrected chi connectivity index (χ4v) is 1.67. The Balaban J connectivity index is 2.32. The first-order chi connectivity index (χ1) is 6.20. The van der Waals surface area contributed by atoms with Crippen molar-refractivity contribution in [3.05, 3.63) is 17.7 Å². The van der Waals surface area contributed by atoms with Gasteiger partial charge in [-0.1, -0.05) is 6.42 Å². The SMILES string of the molecule is Cn1c(C(=O)O)cnc1C1CCC1. The van der Waals surface area contributed by atoms with Crippen LogP contribution in [-0.4, -0.2) is 20.6 Å². The fourth-order valence-electron chi connectivity index (χ4n) is 1.67. The van der Waals surface area contributed by atoms with Crippen molar-refractivity contribution < 1.29 is 9.90 Å². The summed E-state index contributed by atoms with van der Waals surface area (Å²) in [5.41, 5.74) is 0.280. The van der Waals surface area contributed by atoms with Crippen molar-refractivity contribution in [3.63, 3.8) is 0 Å². The Morgan fingerprint density at radius 1 is 1.69 bits per heavy atom.